The summed E-state index contributed by atoms with van der Waals surface area (Å²) in [6.07, 6.45) is 4.72. The van der Waals surface area contributed by atoms with Crippen molar-refractivity contribution in [3.05, 3.63) is 0 Å². The van der Waals surface area contributed by atoms with E-state index in [-0.39, 0.29) is 29.7 Å². The van der Waals surface area contributed by atoms with Crippen LogP contribution in [-0.2, 0) is 14.3 Å². The van der Waals surface area contributed by atoms with Gasteiger partial charge >= 0.3 is 6.09 Å². The Balaban J connectivity index is 1.48. The molecule has 7 nitrogen and oxygen atoms in total. The van der Waals surface area contributed by atoms with E-state index in [1.165, 1.54) is 6.42 Å². The van der Waals surface area contributed by atoms with Gasteiger partial charge in [-0.05, 0) is 39.0 Å². The number of rotatable bonds is 4. The molecule has 3 fully saturated rings. The molecule has 0 bridgehead atoms. The molecule has 3 atom stereocenters. The van der Waals surface area contributed by atoms with Gasteiger partial charge in [-0.1, -0.05) is 6.92 Å². The number of ether oxygens (including phenoxy) is 1. The normalized spacial score (nSPS) is 28.7. The van der Waals surface area contributed by atoms with Gasteiger partial charge in [0.1, 0.15) is 0 Å². The van der Waals surface area contributed by atoms with Crippen molar-refractivity contribution in [2.45, 2.75) is 52.0 Å². The summed E-state index contributed by atoms with van der Waals surface area (Å²) in [4.78, 5) is 42.8. The Hall–Kier alpha value is -1.79. The molecule has 3 rings (SSSR count). The lowest BCUT2D eigenvalue weighted by Crippen LogP contribution is -2.51. The Labute approximate surface area is 155 Å². The Morgan fingerprint density at radius 1 is 0.885 bits per heavy atom. The van der Waals surface area contributed by atoms with Crippen LogP contribution in [0.25, 0.3) is 0 Å². The largest absolute Gasteiger partial charge is 0.450 e. The highest BCUT2D eigenvalue weighted by Gasteiger charge is 2.51. The van der Waals surface area contributed by atoms with Gasteiger partial charge in [0, 0.05) is 38.8 Å². The van der Waals surface area contributed by atoms with E-state index >= 15 is 0 Å². The maximum atomic E-state index is 12.8. The van der Waals surface area contributed by atoms with Crippen molar-refractivity contribution >= 4 is 17.9 Å². The van der Waals surface area contributed by atoms with Gasteiger partial charge < -0.3 is 19.4 Å². The molecule has 0 spiro atoms. The van der Waals surface area contributed by atoms with Crippen molar-refractivity contribution in [3.63, 3.8) is 0 Å². The first-order valence-corrected chi connectivity index (χ1v) is 10.1. The van der Waals surface area contributed by atoms with Gasteiger partial charge in [0.25, 0.3) is 0 Å². The molecular formula is C19H31N3O4. The summed E-state index contributed by atoms with van der Waals surface area (Å²) in [7, 11) is 0. The number of hydrogen-bond acceptors (Lipinski definition) is 4. The molecule has 2 heterocycles. The van der Waals surface area contributed by atoms with Crippen LogP contribution in [0.5, 0.6) is 0 Å². The first-order valence-electron chi connectivity index (χ1n) is 10.1. The van der Waals surface area contributed by atoms with Gasteiger partial charge in [0.2, 0.25) is 11.8 Å². The highest BCUT2D eigenvalue weighted by atomic mass is 16.6. The predicted octanol–water partition coefficient (Wildman–Crippen LogP) is 1.71. The van der Waals surface area contributed by atoms with E-state index in [9.17, 15) is 14.4 Å². The topological polar surface area (TPSA) is 70.2 Å². The summed E-state index contributed by atoms with van der Waals surface area (Å²) in [5, 5.41) is 0. The minimum Gasteiger partial charge on any atom is -0.450 e. The van der Waals surface area contributed by atoms with Crippen molar-refractivity contribution in [1.29, 1.82) is 0 Å². The third-order valence-electron chi connectivity index (χ3n) is 5.92. The number of likely N-dealkylation sites (tertiary alicyclic amines) is 1. The lowest BCUT2D eigenvalue weighted by Gasteiger charge is -2.36. The first-order chi connectivity index (χ1) is 12.6. The molecule has 7 heteroatoms. The van der Waals surface area contributed by atoms with Crippen LogP contribution in [0.2, 0.25) is 0 Å². The number of hydrogen-bond donors (Lipinski definition) is 0. The third kappa shape index (κ3) is 3.96. The van der Waals surface area contributed by atoms with Gasteiger partial charge in [-0.25, -0.2) is 4.79 Å². The molecule has 2 saturated heterocycles. The highest BCUT2D eigenvalue weighted by molar-refractivity contribution is 5.92. The summed E-state index contributed by atoms with van der Waals surface area (Å²) in [6, 6.07) is 0.348. The van der Waals surface area contributed by atoms with Crippen molar-refractivity contribution in [3.8, 4) is 0 Å². The van der Waals surface area contributed by atoms with Crippen LogP contribution in [0, 0.1) is 11.8 Å². The maximum Gasteiger partial charge on any atom is 0.409 e. The molecule has 0 aromatic rings. The minimum atomic E-state index is -0.310. The van der Waals surface area contributed by atoms with Crippen LogP contribution in [-0.4, -0.2) is 78.0 Å². The number of piperazine rings is 1. The number of carbonyl (C=O) groups is 3. The SMILES string of the molecule is CCOC(=O)N1CCN(C(=O)C2CC2C(=O)N2CCCCC2CC)CC1. The lowest BCUT2D eigenvalue weighted by atomic mass is 9.99. The standard InChI is InChI=1S/C19H31N3O4/c1-3-14-7-5-6-8-22(14)18(24)16-13-15(16)17(23)20-9-11-21(12-10-20)19(25)26-4-2/h14-16H,3-13H2,1-2H3. The maximum absolute atomic E-state index is 12.8. The van der Waals surface area contributed by atoms with Crippen LogP contribution in [0.3, 0.4) is 0 Å². The molecule has 26 heavy (non-hydrogen) atoms. The number of nitrogens with zero attached hydrogens (tertiary/aromatic N) is 3. The molecule has 0 N–H and O–H groups in total. The van der Waals surface area contributed by atoms with Crippen LogP contribution in [0.15, 0.2) is 0 Å². The molecule has 3 unspecified atom stereocenters. The second-order valence-corrected chi connectivity index (χ2v) is 7.55. The van der Waals surface area contributed by atoms with Gasteiger partial charge in [-0.3, -0.25) is 9.59 Å². The van der Waals surface area contributed by atoms with Crippen molar-refractivity contribution < 1.29 is 19.1 Å². The van der Waals surface area contributed by atoms with E-state index in [0.717, 1.165) is 25.8 Å². The van der Waals surface area contributed by atoms with E-state index in [0.29, 0.717) is 45.2 Å². The Kier molecular flexibility index (Phi) is 6.04. The van der Waals surface area contributed by atoms with Gasteiger partial charge in [0.05, 0.1) is 18.4 Å². The minimum absolute atomic E-state index is 0.0805. The number of carbonyl (C=O) groups excluding carboxylic acids is 3. The third-order valence-corrected chi connectivity index (χ3v) is 5.92. The second-order valence-electron chi connectivity index (χ2n) is 7.55. The summed E-state index contributed by atoms with van der Waals surface area (Å²) >= 11 is 0. The Bertz CT molecular complexity index is 545. The monoisotopic (exact) mass is 365 g/mol. The smallest absolute Gasteiger partial charge is 0.409 e. The fourth-order valence-corrected chi connectivity index (χ4v) is 4.23. The molecule has 0 radical (unpaired) electrons. The average Bonchev–Trinajstić information content (AvgIpc) is 3.48. The fourth-order valence-electron chi connectivity index (χ4n) is 4.23. The van der Waals surface area contributed by atoms with E-state index in [4.69, 9.17) is 4.74 Å². The number of amides is 3. The van der Waals surface area contributed by atoms with Crippen LogP contribution >= 0.6 is 0 Å². The van der Waals surface area contributed by atoms with E-state index < -0.39 is 0 Å². The van der Waals surface area contributed by atoms with E-state index in [2.05, 4.69) is 6.92 Å². The van der Waals surface area contributed by atoms with Gasteiger partial charge in [-0.2, -0.15) is 0 Å². The second kappa shape index (κ2) is 8.27. The molecule has 2 aliphatic heterocycles. The zero-order valence-electron chi connectivity index (χ0n) is 16.0. The van der Waals surface area contributed by atoms with E-state index in [1.807, 2.05) is 4.90 Å². The summed E-state index contributed by atoms with van der Waals surface area (Å²) in [5.41, 5.74) is 0. The van der Waals surface area contributed by atoms with Gasteiger partial charge in [0.15, 0.2) is 0 Å². The fraction of sp³-hybridized carbons (Fsp3) is 0.842. The Morgan fingerprint density at radius 2 is 1.54 bits per heavy atom. The molecule has 0 aromatic carbocycles. The van der Waals surface area contributed by atoms with Crippen molar-refractivity contribution in [2.24, 2.45) is 11.8 Å². The molecular weight excluding hydrogens is 334 g/mol. The zero-order chi connectivity index (χ0) is 18.7. The van der Waals surface area contributed by atoms with Crippen molar-refractivity contribution in [1.82, 2.24) is 14.7 Å². The summed E-state index contributed by atoms with van der Waals surface area (Å²) in [6.45, 7) is 7.17. The van der Waals surface area contributed by atoms with Crippen LogP contribution in [0.4, 0.5) is 4.79 Å². The molecule has 1 saturated carbocycles. The molecule has 3 amide bonds. The summed E-state index contributed by atoms with van der Waals surface area (Å²) in [5.74, 6) is -0.0224. The number of piperidine rings is 1. The lowest BCUT2D eigenvalue weighted by molar-refractivity contribution is -0.140. The Morgan fingerprint density at radius 3 is 2.19 bits per heavy atom. The van der Waals surface area contributed by atoms with Gasteiger partial charge in [-0.15, -0.1) is 0 Å². The van der Waals surface area contributed by atoms with E-state index in [1.54, 1.807) is 16.7 Å². The summed E-state index contributed by atoms with van der Waals surface area (Å²) < 4.78 is 5.01. The molecule has 1 aliphatic carbocycles. The molecule has 146 valence electrons. The predicted molar refractivity (Wildman–Crippen MR) is 96.4 cm³/mol. The van der Waals surface area contributed by atoms with Crippen molar-refractivity contribution in [2.75, 3.05) is 39.3 Å². The first kappa shape index (κ1) is 19.0. The quantitative estimate of drug-likeness (QED) is 0.761. The zero-order valence-corrected chi connectivity index (χ0v) is 16.0. The average molecular weight is 365 g/mol. The molecule has 0 aromatic heterocycles. The highest BCUT2D eigenvalue weighted by Crippen LogP contribution is 2.42. The van der Waals surface area contributed by atoms with Crippen LogP contribution in [0.1, 0.15) is 46.0 Å². The van der Waals surface area contributed by atoms with Crippen LogP contribution < -0.4 is 0 Å². The molecule has 3 aliphatic rings.